The lowest BCUT2D eigenvalue weighted by Crippen LogP contribution is -2.52. The van der Waals surface area contributed by atoms with Crippen molar-refractivity contribution in [3.05, 3.63) is 29.2 Å². The SMILES string of the molecule is CCNC(=NCc1nnc2n1CCC2)N1CCN(c2cccs2)CC1.I. The molecule has 2 aromatic heterocycles. The molecule has 2 aliphatic rings. The lowest BCUT2D eigenvalue weighted by atomic mass is 10.3. The number of fused-ring (bicyclic) bond motifs is 1. The molecule has 2 aliphatic heterocycles. The summed E-state index contributed by atoms with van der Waals surface area (Å²) in [6, 6.07) is 4.32. The number of hydrogen-bond acceptors (Lipinski definition) is 5. The quantitative estimate of drug-likeness (QED) is 0.407. The Balaban J connectivity index is 0.00000196. The molecule has 0 amide bonds. The van der Waals surface area contributed by atoms with Crippen molar-refractivity contribution in [3.63, 3.8) is 0 Å². The van der Waals surface area contributed by atoms with E-state index in [0.29, 0.717) is 6.54 Å². The van der Waals surface area contributed by atoms with E-state index in [2.05, 4.69) is 54.3 Å². The molecule has 1 N–H and O–H groups in total. The van der Waals surface area contributed by atoms with Crippen molar-refractivity contribution < 1.29 is 0 Å². The van der Waals surface area contributed by atoms with Gasteiger partial charge in [-0.05, 0) is 30.9 Å². The number of anilines is 1. The van der Waals surface area contributed by atoms with Crippen molar-refractivity contribution in [1.29, 1.82) is 0 Å². The maximum atomic E-state index is 4.84. The van der Waals surface area contributed by atoms with E-state index in [1.807, 2.05) is 11.3 Å². The van der Waals surface area contributed by atoms with Crippen molar-refractivity contribution in [2.75, 3.05) is 37.6 Å². The molecule has 4 rings (SSSR count). The van der Waals surface area contributed by atoms with Crippen LogP contribution in [0.15, 0.2) is 22.5 Å². The monoisotopic (exact) mass is 487 g/mol. The van der Waals surface area contributed by atoms with E-state index in [0.717, 1.165) is 63.3 Å². The molecule has 1 fully saturated rings. The molecule has 9 heteroatoms. The van der Waals surface area contributed by atoms with Crippen molar-refractivity contribution in [1.82, 2.24) is 25.0 Å². The van der Waals surface area contributed by atoms with Crippen LogP contribution in [0.4, 0.5) is 5.00 Å². The van der Waals surface area contributed by atoms with E-state index < -0.39 is 0 Å². The molecule has 26 heavy (non-hydrogen) atoms. The van der Waals surface area contributed by atoms with Gasteiger partial charge in [0.25, 0.3) is 0 Å². The van der Waals surface area contributed by atoms with E-state index >= 15 is 0 Å². The smallest absolute Gasteiger partial charge is 0.194 e. The number of aryl methyl sites for hydroxylation is 1. The molecular weight excluding hydrogens is 461 g/mol. The number of nitrogens with zero attached hydrogens (tertiary/aromatic N) is 6. The van der Waals surface area contributed by atoms with Gasteiger partial charge in [0.15, 0.2) is 11.8 Å². The van der Waals surface area contributed by atoms with Crippen molar-refractivity contribution in [3.8, 4) is 0 Å². The summed E-state index contributed by atoms with van der Waals surface area (Å²) in [6.07, 6.45) is 2.22. The summed E-state index contributed by atoms with van der Waals surface area (Å²) in [5.74, 6) is 3.09. The summed E-state index contributed by atoms with van der Waals surface area (Å²) in [6.45, 7) is 8.66. The Morgan fingerprint density at radius 2 is 2.08 bits per heavy atom. The molecule has 0 saturated carbocycles. The van der Waals surface area contributed by atoms with E-state index in [-0.39, 0.29) is 24.0 Å². The maximum Gasteiger partial charge on any atom is 0.194 e. The van der Waals surface area contributed by atoms with Crippen LogP contribution in [0.2, 0.25) is 0 Å². The first-order chi connectivity index (χ1) is 12.3. The summed E-state index contributed by atoms with van der Waals surface area (Å²) >= 11 is 1.81. The number of nitrogens with one attached hydrogen (secondary N) is 1. The molecule has 0 aliphatic carbocycles. The minimum absolute atomic E-state index is 0. The molecule has 0 radical (unpaired) electrons. The van der Waals surface area contributed by atoms with Gasteiger partial charge in [-0.2, -0.15) is 0 Å². The normalized spacial score (nSPS) is 17.2. The van der Waals surface area contributed by atoms with Crippen LogP contribution in [0.3, 0.4) is 0 Å². The third-order valence-electron chi connectivity index (χ3n) is 4.79. The number of piperazine rings is 1. The van der Waals surface area contributed by atoms with Gasteiger partial charge in [-0.15, -0.1) is 45.5 Å². The van der Waals surface area contributed by atoms with Gasteiger partial charge in [0, 0.05) is 45.7 Å². The Labute approximate surface area is 175 Å². The molecule has 0 unspecified atom stereocenters. The maximum absolute atomic E-state index is 4.84. The van der Waals surface area contributed by atoms with Crippen molar-refractivity contribution in [2.24, 2.45) is 4.99 Å². The van der Waals surface area contributed by atoms with Gasteiger partial charge in [0.2, 0.25) is 0 Å². The summed E-state index contributed by atoms with van der Waals surface area (Å²) in [4.78, 5) is 9.65. The third-order valence-corrected chi connectivity index (χ3v) is 5.72. The topological polar surface area (TPSA) is 61.6 Å². The number of guanidine groups is 1. The summed E-state index contributed by atoms with van der Waals surface area (Å²) < 4.78 is 2.22. The van der Waals surface area contributed by atoms with E-state index in [1.165, 1.54) is 11.4 Å². The molecule has 2 aromatic rings. The van der Waals surface area contributed by atoms with Gasteiger partial charge in [0.05, 0.1) is 5.00 Å². The van der Waals surface area contributed by atoms with Crippen LogP contribution in [0, 0.1) is 0 Å². The second-order valence-electron chi connectivity index (χ2n) is 6.38. The van der Waals surface area contributed by atoms with Gasteiger partial charge in [-0.3, -0.25) is 0 Å². The highest BCUT2D eigenvalue weighted by atomic mass is 127. The summed E-state index contributed by atoms with van der Waals surface area (Å²) in [5, 5.41) is 15.5. The highest BCUT2D eigenvalue weighted by molar-refractivity contribution is 14.0. The standard InChI is InChI=1S/C17H25N7S.HI/c1-2-18-17(19-13-15-21-20-14-5-3-7-24(14)15)23-10-8-22(9-11-23)16-6-4-12-25-16;/h4,6,12H,2-3,5,7-11,13H2,1H3,(H,18,19);1H. The molecule has 4 heterocycles. The number of thiophene rings is 1. The predicted octanol–water partition coefficient (Wildman–Crippen LogP) is 2.19. The number of hydrogen-bond donors (Lipinski definition) is 1. The van der Waals surface area contributed by atoms with Gasteiger partial charge in [-0.25, -0.2) is 4.99 Å². The van der Waals surface area contributed by atoms with Crippen LogP contribution in [0.5, 0.6) is 0 Å². The van der Waals surface area contributed by atoms with Crippen LogP contribution in [-0.2, 0) is 19.5 Å². The third kappa shape index (κ3) is 4.13. The molecule has 142 valence electrons. The zero-order valence-electron chi connectivity index (χ0n) is 15.1. The minimum atomic E-state index is 0. The van der Waals surface area contributed by atoms with E-state index in [1.54, 1.807) is 0 Å². The fourth-order valence-corrected chi connectivity index (χ4v) is 4.27. The van der Waals surface area contributed by atoms with Crippen LogP contribution in [0.25, 0.3) is 0 Å². The van der Waals surface area contributed by atoms with Gasteiger partial charge >= 0.3 is 0 Å². The van der Waals surface area contributed by atoms with Gasteiger partial charge in [0.1, 0.15) is 12.4 Å². The van der Waals surface area contributed by atoms with Crippen molar-refractivity contribution >= 4 is 46.3 Å². The Kier molecular flexibility index (Phi) is 6.74. The Hall–Kier alpha value is -1.36. The number of aromatic nitrogens is 3. The second-order valence-corrected chi connectivity index (χ2v) is 7.31. The molecule has 7 nitrogen and oxygen atoms in total. The largest absolute Gasteiger partial charge is 0.360 e. The van der Waals surface area contributed by atoms with Crippen molar-refractivity contribution in [2.45, 2.75) is 32.9 Å². The molecule has 1 saturated heterocycles. The molecule has 0 aromatic carbocycles. The molecule has 0 atom stereocenters. The number of halogens is 1. The number of aliphatic imine (C=N–C) groups is 1. The molecule has 0 bridgehead atoms. The number of rotatable bonds is 4. The van der Waals surface area contributed by atoms with Crippen LogP contribution < -0.4 is 10.2 Å². The van der Waals surface area contributed by atoms with Crippen LogP contribution in [0.1, 0.15) is 25.0 Å². The first-order valence-electron chi connectivity index (χ1n) is 9.08. The fourth-order valence-electron chi connectivity index (χ4n) is 3.49. The summed E-state index contributed by atoms with van der Waals surface area (Å²) in [5.41, 5.74) is 0. The lowest BCUT2D eigenvalue weighted by Gasteiger charge is -2.37. The highest BCUT2D eigenvalue weighted by Crippen LogP contribution is 2.22. The predicted molar refractivity (Wildman–Crippen MR) is 117 cm³/mol. The van der Waals surface area contributed by atoms with Crippen LogP contribution in [-0.4, -0.2) is 58.3 Å². The fraction of sp³-hybridized carbons (Fsp3) is 0.588. The Morgan fingerprint density at radius 3 is 2.81 bits per heavy atom. The lowest BCUT2D eigenvalue weighted by molar-refractivity contribution is 0.373. The Morgan fingerprint density at radius 1 is 1.23 bits per heavy atom. The average Bonchev–Trinajstić information content (AvgIpc) is 3.37. The molecular formula is C17H26IN7S. The van der Waals surface area contributed by atoms with E-state index in [9.17, 15) is 0 Å². The van der Waals surface area contributed by atoms with Gasteiger partial charge in [-0.1, -0.05) is 0 Å². The zero-order chi connectivity index (χ0) is 17.1. The minimum Gasteiger partial charge on any atom is -0.360 e. The van der Waals surface area contributed by atoms with Gasteiger partial charge < -0.3 is 19.7 Å². The highest BCUT2D eigenvalue weighted by Gasteiger charge is 2.21. The first-order valence-corrected chi connectivity index (χ1v) is 9.96. The average molecular weight is 487 g/mol. The molecule has 0 spiro atoms. The zero-order valence-corrected chi connectivity index (χ0v) is 18.2. The first kappa shape index (κ1) is 19.4. The van der Waals surface area contributed by atoms with Crippen LogP contribution >= 0.6 is 35.3 Å². The Bertz CT molecular complexity index is 720. The van der Waals surface area contributed by atoms with E-state index in [4.69, 9.17) is 4.99 Å². The summed E-state index contributed by atoms with van der Waals surface area (Å²) in [7, 11) is 0. The second kappa shape index (κ2) is 9.03.